The van der Waals surface area contributed by atoms with Gasteiger partial charge in [-0.25, -0.2) is 4.39 Å². The molecular weight excluding hydrogens is 269 g/mol. The predicted octanol–water partition coefficient (Wildman–Crippen LogP) is 4.01. The molecule has 0 unspecified atom stereocenters. The van der Waals surface area contributed by atoms with Crippen LogP contribution in [0.25, 0.3) is 0 Å². The first-order valence-electron chi connectivity index (χ1n) is 5.78. The summed E-state index contributed by atoms with van der Waals surface area (Å²) in [6.07, 6.45) is 5.19. The third-order valence-electron chi connectivity index (χ3n) is 3.59. The molecule has 1 aromatic carbocycles. The molecule has 0 atom stereocenters. The zero-order valence-electron chi connectivity index (χ0n) is 9.52. The van der Waals surface area contributed by atoms with Crippen molar-refractivity contribution in [3.05, 3.63) is 33.5 Å². The molecule has 0 radical (unpaired) electrons. The van der Waals surface area contributed by atoms with Gasteiger partial charge >= 0.3 is 0 Å². The van der Waals surface area contributed by atoms with Crippen LogP contribution in [0.4, 0.5) is 4.39 Å². The lowest BCUT2D eigenvalue weighted by atomic mass is 9.76. The summed E-state index contributed by atoms with van der Waals surface area (Å²) in [5.41, 5.74) is 7.59. The van der Waals surface area contributed by atoms with Gasteiger partial charge in [-0.3, -0.25) is 0 Å². The number of benzene rings is 1. The summed E-state index contributed by atoms with van der Waals surface area (Å²) in [5.74, 6) is -0.162. The molecule has 1 aliphatic rings. The van der Waals surface area contributed by atoms with Crippen molar-refractivity contribution in [2.75, 3.05) is 0 Å². The van der Waals surface area contributed by atoms with Crippen molar-refractivity contribution in [2.24, 2.45) is 5.73 Å². The molecule has 2 rings (SSSR count). The Morgan fingerprint density at radius 1 is 1.25 bits per heavy atom. The van der Waals surface area contributed by atoms with Gasteiger partial charge in [0.1, 0.15) is 5.82 Å². The summed E-state index contributed by atoms with van der Waals surface area (Å²) >= 11 is 3.45. The van der Waals surface area contributed by atoms with E-state index in [-0.39, 0.29) is 5.82 Å². The number of hydrogen-bond acceptors (Lipinski definition) is 1. The molecule has 1 aliphatic carbocycles. The fourth-order valence-corrected chi connectivity index (χ4v) is 3.03. The van der Waals surface area contributed by atoms with Gasteiger partial charge in [-0.1, -0.05) is 35.2 Å². The van der Waals surface area contributed by atoms with Gasteiger partial charge in [0.2, 0.25) is 0 Å². The second-order valence-corrected chi connectivity index (χ2v) is 5.60. The third kappa shape index (κ3) is 2.03. The van der Waals surface area contributed by atoms with Crippen LogP contribution in [0.2, 0.25) is 0 Å². The minimum atomic E-state index is -0.462. The highest BCUT2D eigenvalue weighted by molar-refractivity contribution is 9.10. The molecular formula is C13H17BrFN. The van der Waals surface area contributed by atoms with Crippen LogP contribution < -0.4 is 5.73 Å². The van der Waals surface area contributed by atoms with Gasteiger partial charge in [-0.2, -0.15) is 0 Å². The maximum Gasteiger partial charge on any atom is 0.128 e. The van der Waals surface area contributed by atoms with Gasteiger partial charge in [-0.15, -0.1) is 0 Å². The van der Waals surface area contributed by atoms with E-state index in [0.29, 0.717) is 5.56 Å². The normalized spacial score (nSPS) is 19.8. The average molecular weight is 286 g/mol. The second kappa shape index (κ2) is 4.46. The second-order valence-electron chi connectivity index (χ2n) is 4.75. The van der Waals surface area contributed by atoms with E-state index in [1.54, 1.807) is 6.07 Å². The van der Waals surface area contributed by atoms with Crippen LogP contribution >= 0.6 is 15.9 Å². The third-order valence-corrected chi connectivity index (χ3v) is 4.45. The number of nitrogens with two attached hydrogens (primary N) is 1. The van der Waals surface area contributed by atoms with Crippen LogP contribution in [0.3, 0.4) is 0 Å². The predicted molar refractivity (Wildman–Crippen MR) is 67.8 cm³/mol. The van der Waals surface area contributed by atoms with E-state index in [4.69, 9.17) is 5.73 Å². The first kappa shape index (κ1) is 12.1. The topological polar surface area (TPSA) is 26.0 Å². The molecule has 0 bridgehead atoms. The monoisotopic (exact) mass is 285 g/mol. The van der Waals surface area contributed by atoms with Gasteiger partial charge in [0.25, 0.3) is 0 Å². The average Bonchev–Trinajstić information content (AvgIpc) is 2.25. The number of rotatable bonds is 1. The maximum absolute atomic E-state index is 14.0. The van der Waals surface area contributed by atoms with E-state index in [0.717, 1.165) is 35.7 Å². The Morgan fingerprint density at radius 3 is 2.50 bits per heavy atom. The van der Waals surface area contributed by atoms with Gasteiger partial charge < -0.3 is 5.73 Å². The van der Waals surface area contributed by atoms with E-state index in [1.807, 2.05) is 6.92 Å². The Bertz CT molecular complexity index is 397. The zero-order valence-corrected chi connectivity index (χ0v) is 11.1. The standard InChI is InChI=1S/C13H17BrFN/c1-9-10(14)5-6-11(15)12(9)13(16)7-3-2-4-8-13/h5-6H,2-4,7-8,16H2,1H3. The van der Waals surface area contributed by atoms with Gasteiger partial charge in [-0.05, 0) is 37.5 Å². The Morgan fingerprint density at radius 2 is 1.88 bits per heavy atom. The van der Waals surface area contributed by atoms with Gasteiger partial charge in [0, 0.05) is 15.6 Å². The zero-order chi connectivity index (χ0) is 11.8. The molecule has 16 heavy (non-hydrogen) atoms. The van der Waals surface area contributed by atoms with Crippen LogP contribution in [0, 0.1) is 12.7 Å². The van der Waals surface area contributed by atoms with Crippen LogP contribution in [-0.2, 0) is 5.54 Å². The Hall–Kier alpha value is -0.410. The first-order valence-corrected chi connectivity index (χ1v) is 6.58. The molecule has 0 heterocycles. The smallest absolute Gasteiger partial charge is 0.128 e. The van der Waals surface area contributed by atoms with Crippen molar-refractivity contribution in [1.82, 2.24) is 0 Å². The summed E-state index contributed by atoms with van der Waals surface area (Å²) in [7, 11) is 0. The molecule has 1 aromatic rings. The van der Waals surface area contributed by atoms with E-state index < -0.39 is 5.54 Å². The molecule has 1 fully saturated rings. The minimum absolute atomic E-state index is 0.162. The van der Waals surface area contributed by atoms with Crippen molar-refractivity contribution in [3.63, 3.8) is 0 Å². The van der Waals surface area contributed by atoms with Crippen molar-refractivity contribution >= 4 is 15.9 Å². The molecule has 0 aromatic heterocycles. The minimum Gasteiger partial charge on any atom is -0.321 e. The van der Waals surface area contributed by atoms with Crippen LogP contribution in [0.5, 0.6) is 0 Å². The Kier molecular flexibility index (Phi) is 3.36. The molecule has 1 nitrogen and oxygen atoms in total. The maximum atomic E-state index is 14.0. The summed E-state index contributed by atoms with van der Waals surface area (Å²) in [5, 5.41) is 0. The largest absolute Gasteiger partial charge is 0.321 e. The molecule has 1 saturated carbocycles. The van der Waals surface area contributed by atoms with E-state index in [9.17, 15) is 4.39 Å². The lowest BCUT2D eigenvalue weighted by Crippen LogP contribution is -2.40. The highest BCUT2D eigenvalue weighted by Crippen LogP contribution is 2.39. The molecule has 0 aliphatic heterocycles. The number of hydrogen-bond donors (Lipinski definition) is 1. The van der Waals surface area contributed by atoms with Crippen molar-refractivity contribution < 1.29 is 4.39 Å². The summed E-state index contributed by atoms with van der Waals surface area (Å²) in [6.45, 7) is 1.94. The molecule has 3 heteroatoms. The summed E-state index contributed by atoms with van der Waals surface area (Å²) in [4.78, 5) is 0. The van der Waals surface area contributed by atoms with Gasteiger partial charge in [0.15, 0.2) is 0 Å². The van der Waals surface area contributed by atoms with Gasteiger partial charge in [0.05, 0.1) is 0 Å². The van der Waals surface area contributed by atoms with Crippen LogP contribution in [0.15, 0.2) is 16.6 Å². The molecule has 0 spiro atoms. The Labute approximate surface area is 104 Å². The van der Waals surface area contributed by atoms with Crippen molar-refractivity contribution in [3.8, 4) is 0 Å². The summed E-state index contributed by atoms with van der Waals surface area (Å²) < 4.78 is 14.9. The molecule has 88 valence electrons. The van der Waals surface area contributed by atoms with Crippen LogP contribution in [-0.4, -0.2) is 0 Å². The van der Waals surface area contributed by atoms with Crippen LogP contribution in [0.1, 0.15) is 43.2 Å². The SMILES string of the molecule is Cc1c(Br)ccc(F)c1C1(N)CCCCC1. The highest BCUT2D eigenvalue weighted by Gasteiger charge is 2.33. The highest BCUT2D eigenvalue weighted by atomic mass is 79.9. The molecule has 0 amide bonds. The van der Waals surface area contributed by atoms with Crippen molar-refractivity contribution in [1.29, 1.82) is 0 Å². The lowest BCUT2D eigenvalue weighted by molar-refractivity contribution is 0.291. The van der Waals surface area contributed by atoms with E-state index in [1.165, 1.54) is 12.5 Å². The lowest BCUT2D eigenvalue weighted by Gasteiger charge is -2.35. The quantitative estimate of drug-likeness (QED) is 0.829. The fraction of sp³-hybridized carbons (Fsp3) is 0.538. The van der Waals surface area contributed by atoms with E-state index in [2.05, 4.69) is 15.9 Å². The Balaban J connectivity index is 2.49. The summed E-state index contributed by atoms with van der Waals surface area (Å²) in [6, 6.07) is 3.26. The fourth-order valence-electron chi connectivity index (χ4n) is 2.70. The molecule has 0 saturated heterocycles. The van der Waals surface area contributed by atoms with E-state index >= 15 is 0 Å². The molecule has 2 N–H and O–H groups in total. The number of halogens is 2. The first-order chi connectivity index (χ1) is 7.54. The van der Waals surface area contributed by atoms with Crippen molar-refractivity contribution in [2.45, 2.75) is 44.6 Å².